The number of aliphatic imine (C=N–C) groups is 1. The zero-order valence-electron chi connectivity index (χ0n) is 14.2. The molecule has 2 aliphatic rings. The summed E-state index contributed by atoms with van der Waals surface area (Å²) in [5.41, 5.74) is 0. The van der Waals surface area contributed by atoms with Gasteiger partial charge in [-0.3, -0.25) is 4.99 Å². The molecule has 8 heteroatoms. The number of amidine groups is 1. The number of rotatable bonds is 7. The van der Waals surface area contributed by atoms with Crippen molar-refractivity contribution in [1.29, 1.82) is 0 Å². The first-order chi connectivity index (χ1) is 11.3. The number of unbranched alkanes of at least 4 members (excludes halogenated alkanes) is 5. The van der Waals surface area contributed by atoms with Crippen molar-refractivity contribution in [3.8, 4) is 0 Å². The SMILES string of the molecule is CCCCCCCCN1C(S(=O)(=O)C(Br)(Br)Br)=NC2CCCCC21. The number of sulfone groups is 1. The van der Waals surface area contributed by atoms with Crippen LogP contribution in [0.4, 0.5) is 0 Å². The standard InChI is InChI=1S/C16H27Br3N2O2S/c1-2-3-4-5-6-9-12-21-14-11-8-7-10-13(14)20-15(21)24(22,23)16(17,18)19/h13-14H,2-12H2,1H3. The molecule has 140 valence electrons. The molecule has 0 N–H and O–H groups in total. The topological polar surface area (TPSA) is 49.7 Å². The summed E-state index contributed by atoms with van der Waals surface area (Å²) in [4.78, 5) is 6.69. The predicted molar refractivity (Wildman–Crippen MR) is 112 cm³/mol. The summed E-state index contributed by atoms with van der Waals surface area (Å²) in [7, 11) is -3.61. The molecule has 4 nitrogen and oxygen atoms in total. The molecular weight excluding hydrogens is 524 g/mol. The highest BCUT2D eigenvalue weighted by molar-refractivity contribution is 9.42. The lowest BCUT2D eigenvalue weighted by molar-refractivity contribution is 0.243. The fourth-order valence-electron chi connectivity index (χ4n) is 3.61. The number of hydrogen-bond acceptors (Lipinski definition) is 4. The van der Waals surface area contributed by atoms with Crippen LogP contribution < -0.4 is 0 Å². The van der Waals surface area contributed by atoms with Gasteiger partial charge in [0.25, 0.3) is 0 Å². The maximum absolute atomic E-state index is 12.9. The van der Waals surface area contributed by atoms with Gasteiger partial charge >= 0.3 is 0 Å². The average molecular weight is 551 g/mol. The lowest BCUT2D eigenvalue weighted by Gasteiger charge is -2.33. The number of hydrogen-bond donors (Lipinski definition) is 0. The highest BCUT2D eigenvalue weighted by atomic mass is 80.0. The average Bonchev–Trinajstić information content (AvgIpc) is 2.89. The van der Waals surface area contributed by atoms with Gasteiger partial charge in [0.1, 0.15) is 0 Å². The third-order valence-electron chi connectivity index (χ3n) is 4.91. The van der Waals surface area contributed by atoms with E-state index in [4.69, 9.17) is 0 Å². The Hall–Kier alpha value is 0.860. The third-order valence-corrected chi connectivity index (χ3v) is 10.2. The van der Waals surface area contributed by atoms with Crippen molar-refractivity contribution < 1.29 is 8.42 Å². The second-order valence-electron chi connectivity index (χ2n) is 6.74. The fraction of sp³-hybridized carbons (Fsp3) is 0.938. The van der Waals surface area contributed by atoms with Crippen LogP contribution in [-0.4, -0.2) is 38.6 Å². The lowest BCUT2D eigenvalue weighted by Crippen LogP contribution is -2.46. The van der Waals surface area contributed by atoms with Gasteiger partial charge in [-0.15, -0.1) is 0 Å². The summed E-state index contributed by atoms with van der Waals surface area (Å²) in [5.74, 6) is 0. The Balaban J connectivity index is 2.05. The molecule has 0 bridgehead atoms. The molecule has 0 aromatic rings. The molecule has 24 heavy (non-hydrogen) atoms. The predicted octanol–water partition coefficient (Wildman–Crippen LogP) is 5.54. The largest absolute Gasteiger partial charge is 0.342 e. The second kappa shape index (κ2) is 9.18. The molecule has 2 atom stereocenters. The van der Waals surface area contributed by atoms with E-state index in [0.717, 1.165) is 38.6 Å². The maximum atomic E-state index is 12.9. The van der Waals surface area contributed by atoms with Crippen molar-refractivity contribution in [3.63, 3.8) is 0 Å². The first-order valence-corrected chi connectivity index (χ1v) is 12.8. The van der Waals surface area contributed by atoms with Crippen molar-refractivity contribution >= 4 is 62.8 Å². The lowest BCUT2D eigenvalue weighted by atomic mass is 9.91. The normalized spacial score (nSPS) is 24.8. The number of alkyl halides is 3. The first-order valence-electron chi connectivity index (χ1n) is 8.95. The van der Waals surface area contributed by atoms with Crippen molar-refractivity contribution in [3.05, 3.63) is 0 Å². The summed E-state index contributed by atoms with van der Waals surface area (Å²) < 4.78 is 24.4. The maximum Gasteiger partial charge on any atom is 0.247 e. The van der Waals surface area contributed by atoms with E-state index in [0.29, 0.717) is 0 Å². The van der Waals surface area contributed by atoms with Gasteiger partial charge in [0.15, 0.2) is 0 Å². The quantitative estimate of drug-likeness (QED) is 0.309. The molecule has 0 amide bonds. The highest BCUT2D eigenvalue weighted by Gasteiger charge is 2.49. The molecule has 1 aliphatic heterocycles. The molecule has 0 spiro atoms. The zero-order chi connectivity index (χ0) is 17.8. The minimum atomic E-state index is -3.61. The minimum absolute atomic E-state index is 0.137. The highest BCUT2D eigenvalue weighted by Crippen LogP contribution is 2.43. The molecule has 1 fully saturated rings. The molecule has 2 rings (SSSR count). The van der Waals surface area contributed by atoms with Gasteiger partial charge in [0, 0.05) is 6.54 Å². The molecule has 0 aromatic carbocycles. The van der Waals surface area contributed by atoms with Crippen LogP contribution >= 0.6 is 47.8 Å². The van der Waals surface area contributed by atoms with E-state index < -0.39 is 11.3 Å². The van der Waals surface area contributed by atoms with Gasteiger partial charge in [-0.05, 0) is 67.1 Å². The number of halogens is 3. The van der Waals surface area contributed by atoms with Crippen LogP contribution in [0.1, 0.15) is 71.1 Å². The Kier molecular flexibility index (Phi) is 8.09. The van der Waals surface area contributed by atoms with Crippen molar-refractivity contribution in [2.45, 2.75) is 84.7 Å². The number of fused-ring (bicyclic) bond motifs is 1. The Morgan fingerprint density at radius 1 is 1.08 bits per heavy atom. The van der Waals surface area contributed by atoms with Crippen LogP contribution in [0, 0.1) is 0 Å². The Morgan fingerprint density at radius 3 is 2.38 bits per heavy atom. The van der Waals surface area contributed by atoms with Gasteiger partial charge in [-0.25, -0.2) is 8.42 Å². The Morgan fingerprint density at radius 2 is 1.71 bits per heavy atom. The van der Waals surface area contributed by atoms with Gasteiger partial charge in [-0.2, -0.15) is 0 Å². The summed E-state index contributed by atoms with van der Waals surface area (Å²) in [5, 5.41) is 0.249. The van der Waals surface area contributed by atoms with E-state index in [2.05, 4.69) is 64.6 Å². The number of nitrogens with zero attached hydrogens (tertiary/aromatic N) is 2. The molecule has 0 saturated heterocycles. The third kappa shape index (κ3) is 4.97. The van der Waals surface area contributed by atoms with Crippen LogP contribution in [-0.2, 0) is 9.84 Å². The first kappa shape index (κ1) is 21.2. The van der Waals surface area contributed by atoms with Crippen LogP contribution in [0.2, 0.25) is 0 Å². The molecule has 2 unspecified atom stereocenters. The van der Waals surface area contributed by atoms with E-state index in [-0.39, 0.29) is 17.3 Å². The molecule has 1 saturated carbocycles. The second-order valence-corrected chi connectivity index (χ2v) is 17.1. The van der Waals surface area contributed by atoms with Crippen LogP contribution in [0.15, 0.2) is 4.99 Å². The fourth-order valence-corrected chi connectivity index (χ4v) is 5.93. The smallest absolute Gasteiger partial charge is 0.247 e. The summed E-state index contributed by atoms with van der Waals surface area (Å²) >= 11 is 9.56. The van der Waals surface area contributed by atoms with Crippen molar-refractivity contribution in [2.24, 2.45) is 4.99 Å². The van der Waals surface area contributed by atoms with E-state index in [9.17, 15) is 8.42 Å². The monoisotopic (exact) mass is 548 g/mol. The zero-order valence-corrected chi connectivity index (χ0v) is 19.8. The molecular formula is C16H27Br3N2O2S. The van der Waals surface area contributed by atoms with Crippen molar-refractivity contribution in [2.75, 3.05) is 6.54 Å². The molecule has 1 aliphatic carbocycles. The van der Waals surface area contributed by atoms with Crippen LogP contribution in [0.5, 0.6) is 0 Å². The van der Waals surface area contributed by atoms with Crippen LogP contribution in [0.25, 0.3) is 0 Å². The van der Waals surface area contributed by atoms with E-state index in [1.807, 2.05) is 0 Å². The van der Waals surface area contributed by atoms with E-state index in [1.54, 1.807) is 0 Å². The summed E-state index contributed by atoms with van der Waals surface area (Å²) in [6, 6.07) is 0.396. The van der Waals surface area contributed by atoms with Gasteiger partial charge in [0.05, 0.1) is 12.1 Å². The van der Waals surface area contributed by atoms with Crippen molar-refractivity contribution in [1.82, 2.24) is 4.90 Å². The Bertz CT molecular complexity index is 546. The van der Waals surface area contributed by atoms with Gasteiger partial charge in [0.2, 0.25) is 16.5 Å². The van der Waals surface area contributed by atoms with E-state index >= 15 is 0 Å². The summed E-state index contributed by atoms with van der Waals surface area (Å²) in [6.07, 6.45) is 11.6. The summed E-state index contributed by atoms with van der Waals surface area (Å²) in [6.45, 7) is 3.00. The molecule has 0 radical (unpaired) electrons. The minimum Gasteiger partial charge on any atom is -0.342 e. The van der Waals surface area contributed by atoms with Gasteiger partial charge < -0.3 is 4.90 Å². The van der Waals surface area contributed by atoms with E-state index in [1.165, 1.54) is 32.1 Å². The Labute approximate surface area is 171 Å². The molecule has 1 heterocycles. The van der Waals surface area contributed by atoms with Crippen LogP contribution in [0.3, 0.4) is 0 Å². The molecule has 0 aromatic heterocycles. The van der Waals surface area contributed by atoms with Gasteiger partial charge in [-0.1, -0.05) is 51.9 Å².